The lowest BCUT2D eigenvalue weighted by molar-refractivity contribution is -0.122. The van der Waals surface area contributed by atoms with Crippen molar-refractivity contribution in [2.24, 2.45) is 0 Å². The molecule has 5 nitrogen and oxygen atoms in total. The summed E-state index contributed by atoms with van der Waals surface area (Å²) < 4.78 is 0. The van der Waals surface area contributed by atoms with Crippen LogP contribution < -0.4 is 10.6 Å². The molecular formula is C11H18N4OS. The Balaban J connectivity index is 2.05. The van der Waals surface area contributed by atoms with Crippen molar-refractivity contribution in [1.82, 2.24) is 15.5 Å². The maximum absolute atomic E-state index is 12.2. The van der Waals surface area contributed by atoms with Crippen LogP contribution in [0.25, 0.3) is 0 Å². The quantitative estimate of drug-likeness (QED) is 0.856. The average molecular weight is 254 g/mol. The number of carbonyl (C=O) groups excluding carboxylic acids is 1. The van der Waals surface area contributed by atoms with Crippen LogP contribution in [0.4, 0.5) is 5.13 Å². The summed E-state index contributed by atoms with van der Waals surface area (Å²) in [5, 5.41) is 15.7. The summed E-state index contributed by atoms with van der Waals surface area (Å²) in [7, 11) is 0. The van der Waals surface area contributed by atoms with E-state index >= 15 is 0 Å². The highest BCUT2D eigenvalue weighted by molar-refractivity contribution is 7.15. The number of amides is 1. The molecule has 2 rings (SSSR count). The lowest BCUT2D eigenvalue weighted by Crippen LogP contribution is -2.50. The van der Waals surface area contributed by atoms with Gasteiger partial charge in [0, 0.05) is 0 Å². The molecule has 0 aliphatic carbocycles. The second kappa shape index (κ2) is 5.10. The van der Waals surface area contributed by atoms with Crippen molar-refractivity contribution < 1.29 is 4.79 Å². The molecule has 1 aliphatic heterocycles. The zero-order valence-corrected chi connectivity index (χ0v) is 11.1. The Morgan fingerprint density at radius 2 is 2.35 bits per heavy atom. The van der Waals surface area contributed by atoms with Gasteiger partial charge in [0.1, 0.15) is 5.01 Å². The van der Waals surface area contributed by atoms with Crippen molar-refractivity contribution >= 4 is 22.4 Å². The number of hydrogen-bond acceptors (Lipinski definition) is 5. The third-order valence-electron chi connectivity index (χ3n) is 3.27. The van der Waals surface area contributed by atoms with Gasteiger partial charge in [-0.05, 0) is 32.2 Å². The van der Waals surface area contributed by atoms with Gasteiger partial charge in [-0.2, -0.15) is 0 Å². The lowest BCUT2D eigenvalue weighted by Gasteiger charge is -2.25. The van der Waals surface area contributed by atoms with E-state index < -0.39 is 5.54 Å². The zero-order valence-electron chi connectivity index (χ0n) is 10.2. The molecule has 6 heteroatoms. The molecule has 0 aromatic carbocycles. The van der Waals surface area contributed by atoms with Gasteiger partial charge in [0.15, 0.2) is 0 Å². The molecule has 0 radical (unpaired) electrons. The normalized spacial score (nSPS) is 23.9. The SMILES string of the molecule is CCc1nnc(NC(=O)C2(CC)CCCN2)s1. The summed E-state index contributed by atoms with van der Waals surface area (Å²) in [5.74, 6) is 0.0244. The third kappa shape index (κ3) is 2.47. The summed E-state index contributed by atoms with van der Waals surface area (Å²) in [5.41, 5.74) is -0.405. The van der Waals surface area contributed by atoms with Crippen LogP contribution in [0.1, 0.15) is 38.1 Å². The molecule has 1 amide bonds. The Kier molecular flexibility index (Phi) is 3.73. The predicted octanol–water partition coefficient (Wildman–Crippen LogP) is 1.57. The second-order valence-electron chi connectivity index (χ2n) is 4.27. The maximum Gasteiger partial charge on any atom is 0.246 e. The van der Waals surface area contributed by atoms with E-state index in [1.165, 1.54) is 11.3 Å². The smallest absolute Gasteiger partial charge is 0.246 e. The number of aryl methyl sites for hydroxylation is 1. The van der Waals surface area contributed by atoms with E-state index in [0.29, 0.717) is 5.13 Å². The first-order chi connectivity index (χ1) is 8.20. The van der Waals surface area contributed by atoms with Crippen LogP contribution in [-0.2, 0) is 11.2 Å². The molecule has 1 aliphatic rings. The molecule has 0 bridgehead atoms. The van der Waals surface area contributed by atoms with Gasteiger partial charge >= 0.3 is 0 Å². The average Bonchev–Trinajstić information content (AvgIpc) is 2.97. The van der Waals surface area contributed by atoms with Crippen LogP contribution in [0, 0.1) is 0 Å². The summed E-state index contributed by atoms with van der Waals surface area (Å²) in [6.45, 7) is 4.98. The molecule has 1 saturated heterocycles. The van der Waals surface area contributed by atoms with Crippen molar-refractivity contribution in [2.75, 3.05) is 11.9 Å². The standard InChI is InChI=1S/C11H18N4OS/c1-3-8-14-15-10(17-8)13-9(16)11(4-2)6-5-7-12-11/h12H,3-7H2,1-2H3,(H,13,15,16). The predicted molar refractivity (Wildman–Crippen MR) is 68.2 cm³/mol. The van der Waals surface area contributed by atoms with Crippen LogP contribution in [-0.4, -0.2) is 28.2 Å². The largest absolute Gasteiger partial charge is 0.303 e. The van der Waals surface area contributed by atoms with Crippen molar-refractivity contribution in [1.29, 1.82) is 0 Å². The van der Waals surface area contributed by atoms with Gasteiger partial charge in [0.05, 0.1) is 5.54 Å². The molecule has 2 heterocycles. The van der Waals surface area contributed by atoms with E-state index in [-0.39, 0.29) is 5.91 Å². The Morgan fingerprint density at radius 1 is 1.53 bits per heavy atom. The van der Waals surface area contributed by atoms with Crippen LogP contribution in [0.3, 0.4) is 0 Å². The molecule has 1 fully saturated rings. The van der Waals surface area contributed by atoms with Gasteiger partial charge in [0.2, 0.25) is 11.0 Å². The summed E-state index contributed by atoms with van der Waals surface area (Å²) in [6.07, 6.45) is 3.61. The fourth-order valence-electron chi connectivity index (χ4n) is 2.13. The molecule has 2 N–H and O–H groups in total. The van der Waals surface area contributed by atoms with Gasteiger partial charge in [0.25, 0.3) is 0 Å². The van der Waals surface area contributed by atoms with Crippen LogP contribution in [0.2, 0.25) is 0 Å². The highest BCUT2D eigenvalue weighted by atomic mass is 32.1. The highest BCUT2D eigenvalue weighted by Gasteiger charge is 2.39. The van der Waals surface area contributed by atoms with Crippen molar-refractivity contribution in [3.63, 3.8) is 0 Å². The number of rotatable bonds is 4. The lowest BCUT2D eigenvalue weighted by atomic mass is 9.93. The monoisotopic (exact) mass is 254 g/mol. The number of nitrogens with one attached hydrogen (secondary N) is 2. The Hall–Kier alpha value is -1.01. The molecule has 0 saturated carbocycles. The van der Waals surface area contributed by atoms with Crippen molar-refractivity contribution in [2.45, 2.75) is 45.1 Å². The van der Waals surface area contributed by atoms with E-state index in [0.717, 1.165) is 37.2 Å². The minimum absolute atomic E-state index is 0.0244. The number of nitrogens with zero attached hydrogens (tertiary/aromatic N) is 2. The zero-order chi connectivity index (χ0) is 12.3. The second-order valence-corrected chi connectivity index (χ2v) is 5.34. The fourth-order valence-corrected chi connectivity index (χ4v) is 2.80. The molecule has 1 unspecified atom stereocenters. The summed E-state index contributed by atoms with van der Waals surface area (Å²) in [6, 6.07) is 0. The van der Waals surface area contributed by atoms with Gasteiger partial charge < -0.3 is 5.32 Å². The maximum atomic E-state index is 12.2. The first-order valence-corrected chi connectivity index (χ1v) is 6.90. The van der Waals surface area contributed by atoms with Crippen molar-refractivity contribution in [3.8, 4) is 0 Å². The van der Waals surface area contributed by atoms with Gasteiger partial charge in [-0.1, -0.05) is 25.2 Å². The summed E-state index contributed by atoms with van der Waals surface area (Å²) in [4.78, 5) is 12.2. The Bertz CT molecular complexity index is 398. The van der Waals surface area contributed by atoms with Crippen LogP contribution in [0.15, 0.2) is 0 Å². The number of carbonyl (C=O) groups is 1. The molecule has 1 aromatic rings. The molecule has 1 atom stereocenters. The van der Waals surface area contributed by atoms with Gasteiger partial charge in [-0.3, -0.25) is 10.1 Å². The van der Waals surface area contributed by atoms with E-state index in [4.69, 9.17) is 0 Å². The minimum atomic E-state index is -0.405. The minimum Gasteiger partial charge on any atom is -0.303 e. The van der Waals surface area contributed by atoms with E-state index in [9.17, 15) is 4.79 Å². The summed E-state index contributed by atoms with van der Waals surface area (Å²) >= 11 is 1.45. The van der Waals surface area contributed by atoms with E-state index in [2.05, 4.69) is 20.8 Å². The fraction of sp³-hybridized carbons (Fsp3) is 0.727. The number of aromatic nitrogens is 2. The molecule has 0 spiro atoms. The van der Waals surface area contributed by atoms with Crippen LogP contribution in [0.5, 0.6) is 0 Å². The van der Waals surface area contributed by atoms with E-state index in [1.54, 1.807) is 0 Å². The van der Waals surface area contributed by atoms with Crippen LogP contribution >= 0.6 is 11.3 Å². The topological polar surface area (TPSA) is 66.9 Å². The van der Waals surface area contributed by atoms with Gasteiger partial charge in [-0.15, -0.1) is 10.2 Å². The molecular weight excluding hydrogens is 236 g/mol. The molecule has 1 aromatic heterocycles. The Morgan fingerprint density at radius 3 is 2.88 bits per heavy atom. The highest BCUT2D eigenvalue weighted by Crippen LogP contribution is 2.25. The first kappa shape index (κ1) is 12.4. The Labute approximate surface area is 105 Å². The van der Waals surface area contributed by atoms with Crippen molar-refractivity contribution in [3.05, 3.63) is 5.01 Å². The first-order valence-electron chi connectivity index (χ1n) is 6.09. The third-order valence-corrected chi connectivity index (χ3v) is 4.25. The molecule has 17 heavy (non-hydrogen) atoms. The van der Waals surface area contributed by atoms with Gasteiger partial charge in [-0.25, -0.2) is 0 Å². The number of anilines is 1. The van der Waals surface area contributed by atoms with E-state index in [1.807, 2.05) is 13.8 Å². The molecule has 94 valence electrons. The number of hydrogen-bond donors (Lipinski definition) is 2.